The van der Waals surface area contributed by atoms with Gasteiger partial charge in [-0.05, 0) is 12.1 Å². The van der Waals surface area contributed by atoms with Gasteiger partial charge in [0.1, 0.15) is 5.69 Å². The standard InChI is InChI=1S/C11H11N3O2/c12-6-4-7-10(8(15)5-6)11(14-13-7)9-2-1-3-16-9/h1-3,6H,4-5,12H2,(H,13,14). The third kappa shape index (κ3) is 1.29. The van der Waals surface area contributed by atoms with E-state index in [0.717, 1.165) is 5.69 Å². The van der Waals surface area contributed by atoms with Gasteiger partial charge in [-0.1, -0.05) is 0 Å². The summed E-state index contributed by atoms with van der Waals surface area (Å²) in [5.41, 5.74) is 7.82. The van der Waals surface area contributed by atoms with Crippen LogP contribution in [0.15, 0.2) is 22.8 Å². The number of aromatic nitrogens is 2. The number of ketones is 1. The molecule has 5 heteroatoms. The van der Waals surface area contributed by atoms with E-state index in [1.165, 1.54) is 0 Å². The summed E-state index contributed by atoms with van der Waals surface area (Å²) in [6, 6.07) is 3.46. The van der Waals surface area contributed by atoms with Gasteiger partial charge >= 0.3 is 0 Å². The van der Waals surface area contributed by atoms with E-state index >= 15 is 0 Å². The quantitative estimate of drug-likeness (QED) is 0.749. The van der Waals surface area contributed by atoms with Crippen molar-refractivity contribution in [2.24, 2.45) is 5.73 Å². The van der Waals surface area contributed by atoms with Gasteiger partial charge in [0.05, 0.1) is 11.8 Å². The van der Waals surface area contributed by atoms with Crippen molar-refractivity contribution in [1.29, 1.82) is 0 Å². The summed E-state index contributed by atoms with van der Waals surface area (Å²) in [6.45, 7) is 0. The van der Waals surface area contributed by atoms with Crippen LogP contribution in [0.4, 0.5) is 0 Å². The number of nitrogens with two attached hydrogens (primary N) is 1. The van der Waals surface area contributed by atoms with E-state index in [1.54, 1.807) is 18.4 Å². The molecule has 16 heavy (non-hydrogen) atoms. The molecular weight excluding hydrogens is 206 g/mol. The number of H-pyrrole nitrogens is 1. The first-order chi connectivity index (χ1) is 7.75. The highest BCUT2D eigenvalue weighted by atomic mass is 16.3. The second-order valence-electron chi connectivity index (χ2n) is 3.99. The normalized spacial score (nSPS) is 19.8. The highest BCUT2D eigenvalue weighted by Gasteiger charge is 2.29. The molecule has 1 unspecified atom stereocenters. The van der Waals surface area contributed by atoms with Crippen LogP contribution >= 0.6 is 0 Å². The van der Waals surface area contributed by atoms with Crippen LogP contribution in [0.5, 0.6) is 0 Å². The van der Waals surface area contributed by atoms with E-state index in [4.69, 9.17) is 10.2 Å². The lowest BCUT2D eigenvalue weighted by atomic mass is 9.91. The van der Waals surface area contributed by atoms with Gasteiger partial charge in [0, 0.05) is 24.6 Å². The first kappa shape index (κ1) is 9.35. The summed E-state index contributed by atoms with van der Waals surface area (Å²) < 4.78 is 5.25. The smallest absolute Gasteiger partial charge is 0.168 e. The van der Waals surface area contributed by atoms with Gasteiger partial charge in [0.25, 0.3) is 0 Å². The lowest BCUT2D eigenvalue weighted by Crippen LogP contribution is -2.31. The van der Waals surface area contributed by atoms with Crippen molar-refractivity contribution in [1.82, 2.24) is 10.2 Å². The molecule has 0 radical (unpaired) electrons. The summed E-state index contributed by atoms with van der Waals surface area (Å²) in [5.74, 6) is 0.648. The Morgan fingerprint density at radius 2 is 2.38 bits per heavy atom. The van der Waals surface area contributed by atoms with E-state index in [2.05, 4.69) is 10.2 Å². The molecule has 0 spiro atoms. The zero-order valence-electron chi connectivity index (χ0n) is 8.56. The van der Waals surface area contributed by atoms with Gasteiger partial charge in [-0.3, -0.25) is 9.89 Å². The van der Waals surface area contributed by atoms with Gasteiger partial charge < -0.3 is 10.2 Å². The van der Waals surface area contributed by atoms with Crippen molar-refractivity contribution in [3.05, 3.63) is 29.7 Å². The van der Waals surface area contributed by atoms with E-state index in [9.17, 15) is 4.79 Å². The molecule has 3 N–H and O–H groups in total. The number of aromatic amines is 1. The monoisotopic (exact) mass is 217 g/mol. The number of rotatable bonds is 1. The molecule has 0 fully saturated rings. The minimum absolute atomic E-state index is 0.0360. The average Bonchev–Trinajstić information content (AvgIpc) is 2.82. The predicted molar refractivity (Wildman–Crippen MR) is 56.9 cm³/mol. The van der Waals surface area contributed by atoms with Crippen LogP contribution in [-0.2, 0) is 6.42 Å². The van der Waals surface area contributed by atoms with Gasteiger partial charge in [-0.15, -0.1) is 0 Å². The molecule has 5 nitrogen and oxygen atoms in total. The summed E-state index contributed by atoms with van der Waals surface area (Å²) in [7, 11) is 0. The largest absolute Gasteiger partial charge is 0.463 e. The van der Waals surface area contributed by atoms with E-state index < -0.39 is 0 Å². The lowest BCUT2D eigenvalue weighted by Gasteiger charge is -2.16. The molecule has 2 heterocycles. The molecule has 0 aromatic carbocycles. The Kier molecular flexibility index (Phi) is 1.94. The van der Waals surface area contributed by atoms with Crippen LogP contribution in [0.1, 0.15) is 22.5 Å². The number of furan rings is 1. The minimum Gasteiger partial charge on any atom is -0.463 e. The maximum atomic E-state index is 11.9. The maximum Gasteiger partial charge on any atom is 0.168 e. The fourth-order valence-electron chi connectivity index (χ4n) is 2.09. The molecule has 1 atom stereocenters. The predicted octanol–water partition coefficient (Wildman–Crippen LogP) is 1.13. The number of fused-ring (bicyclic) bond motifs is 1. The highest BCUT2D eigenvalue weighted by Crippen LogP contribution is 2.29. The maximum absolute atomic E-state index is 11.9. The van der Waals surface area contributed by atoms with Crippen molar-refractivity contribution in [2.75, 3.05) is 0 Å². The number of hydrogen-bond acceptors (Lipinski definition) is 4. The van der Waals surface area contributed by atoms with Gasteiger partial charge in [0.2, 0.25) is 0 Å². The number of carbonyl (C=O) groups excluding carboxylic acids is 1. The molecule has 0 bridgehead atoms. The van der Waals surface area contributed by atoms with Crippen molar-refractivity contribution < 1.29 is 9.21 Å². The highest BCUT2D eigenvalue weighted by molar-refractivity contribution is 6.03. The summed E-state index contributed by atoms with van der Waals surface area (Å²) >= 11 is 0. The average molecular weight is 217 g/mol. The third-order valence-electron chi connectivity index (χ3n) is 2.79. The topological polar surface area (TPSA) is 84.9 Å². The molecule has 3 rings (SSSR count). The zero-order valence-corrected chi connectivity index (χ0v) is 8.56. The van der Waals surface area contributed by atoms with E-state index in [0.29, 0.717) is 29.9 Å². The Bertz CT molecular complexity index is 527. The molecule has 0 amide bonds. The van der Waals surface area contributed by atoms with Crippen LogP contribution in [0, 0.1) is 0 Å². The van der Waals surface area contributed by atoms with Crippen LogP contribution in [0.3, 0.4) is 0 Å². The summed E-state index contributed by atoms with van der Waals surface area (Å²) in [6.07, 6.45) is 2.60. The molecule has 0 saturated carbocycles. The van der Waals surface area contributed by atoms with Crippen molar-refractivity contribution in [3.8, 4) is 11.5 Å². The van der Waals surface area contributed by atoms with E-state index in [1.807, 2.05) is 0 Å². The third-order valence-corrected chi connectivity index (χ3v) is 2.79. The Morgan fingerprint density at radius 3 is 3.12 bits per heavy atom. The summed E-state index contributed by atoms with van der Waals surface area (Å²) in [4.78, 5) is 11.9. The molecule has 0 saturated heterocycles. The number of hydrogen-bond donors (Lipinski definition) is 2. The fraction of sp³-hybridized carbons (Fsp3) is 0.273. The SMILES string of the molecule is NC1CC(=O)c2c(-c3ccco3)n[nH]c2C1. The Balaban J connectivity index is 2.14. The Labute approximate surface area is 91.6 Å². The van der Waals surface area contributed by atoms with Crippen LogP contribution in [0.2, 0.25) is 0 Å². The van der Waals surface area contributed by atoms with Crippen molar-refractivity contribution in [3.63, 3.8) is 0 Å². The Hall–Kier alpha value is -1.88. The molecule has 0 aliphatic heterocycles. The number of nitrogens with zero attached hydrogens (tertiary/aromatic N) is 1. The number of Topliss-reactive ketones (excluding diaryl/α,β-unsaturated/α-hetero) is 1. The van der Waals surface area contributed by atoms with Gasteiger partial charge in [0.15, 0.2) is 11.5 Å². The molecule has 1 aliphatic rings. The molecule has 1 aliphatic carbocycles. The first-order valence-corrected chi connectivity index (χ1v) is 5.15. The van der Waals surface area contributed by atoms with Crippen molar-refractivity contribution >= 4 is 5.78 Å². The number of nitrogens with one attached hydrogen (secondary N) is 1. The van der Waals surface area contributed by atoms with Gasteiger partial charge in [-0.25, -0.2) is 0 Å². The van der Waals surface area contributed by atoms with Gasteiger partial charge in [-0.2, -0.15) is 5.10 Å². The minimum atomic E-state index is -0.107. The Morgan fingerprint density at radius 1 is 1.50 bits per heavy atom. The molecular formula is C11H11N3O2. The fourth-order valence-corrected chi connectivity index (χ4v) is 2.09. The first-order valence-electron chi connectivity index (χ1n) is 5.15. The second kappa shape index (κ2) is 3.31. The van der Waals surface area contributed by atoms with E-state index in [-0.39, 0.29) is 11.8 Å². The summed E-state index contributed by atoms with van der Waals surface area (Å²) in [5, 5.41) is 6.99. The van der Waals surface area contributed by atoms with Crippen LogP contribution in [-0.4, -0.2) is 22.0 Å². The number of carbonyl (C=O) groups is 1. The second-order valence-corrected chi connectivity index (χ2v) is 3.99. The molecule has 2 aromatic rings. The van der Waals surface area contributed by atoms with Crippen LogP contribution in [0.25, 0.3) is 11.5 Å². The molecule has 82 valence electrons. The zero-order chi connectivity index (χ0) is 11.1. The van der Waals surface area contributed by atoms with Crippen LogP contribution < -0.4 is 5.73 Å². The lowest BCUT2D eigenvalue weighted by molar-refractivity contribution is 0.0966. The molecule has 2 aromatic heterocycles. The van der Waals surface area contributed by atoms with Crippen molar-refractivity contribution in [2.45, 2.75) is 18.9 Å².